The van der Waals surface area contributed by atoms with E-state index in [1.807, 2.05) is 18.9 Å². The van der Waals surface area contributed by atoms with Crippen molar-refractivity contribution < 1.29 is 19.0 Å². The van der Waals surface area contributed by atoms with Crippen molar-refractivity contribution in [2.45, 2.75) is 25.5 Å². The van der Waals surface area contributed by atoms with Crippen molar-refractivity contribution in [3.63, 3.8) is 0 Å². The molecule has 2 unspecified atom stereocenters. The zero-order valence-corrected chi connectivity index (χ0v) is 9.68. The zero-order valence-electron chi connectivity index (χ0n) is 9.68. The minimum absolute atomic E-state index is 0.0657. The molecule has 0 aromatic heterocycles. The third-order valence-electron chi connectivity index (χ3n) is 3.10. The lowest BCUT2D eigenvalue weighted by molar-refractivity contribution is -0.139. The van der Waals surface area contributed by atoms with Crippen LogP contribution in [0.1, 0.15) is 13.3 Å². The van der Waals surface area contributed by atoms with Gasteiger partial charge in [-0.15, -0.1) is 0 Å². The zero-order chi connectivity index (χ0) is 12.6. The van der Waals surface area contributed by atoms with Crippen molar-refractivity contribution in [1.82, 2.24) is 0 Å². The molecule has 1 aromatic rings. The summed E-state index contributed by atoms with van der Waals surface area (Å²) >= 11 is 0. The molecule has 1 heterocycles. The number of nitrogens with zero attached hydrogens (tertiary/aromatic N) is 1. The Labute approximate surface area is 98.6 Å². The Bertz CT molecular complexity index is 449. The molecule has 0 saturated heterocycles. The van der Waals surface area contributed by atoms with E-state index in [2.05, 4.69) is 0 Å². The molecule has 2 rings (SSSR count). The molecule has 0 spiro atoms. The van der Waals surface area contributed by atoms with Crippen LogP contribution in [-0.4, -0.2) is 30.3 Å². The molecule has 0 radical (unpaired) electrons. The summed E-state index contributed by atoms with van der Waals surface area (Å²) in [6.45, 7) is 1.89. The normalized spacial score (nSPS) is 22.9. The first-order chi connectivity index (χ1) is 7.99. The Balaban J connectivity index is 2.32. The fourth-order valence-electron chi connectivity index (χ4n) is 1.99. The molecular weight excluding hydrogens is 225 g/mol. The molecule has 1 N–H and O–H groups in total. The number of benzene rings is 1. The van der Waals surface area contributed by atoms with Crippen LogP contribution in [0, 0.1) is 5.82 Å². The van der Waals surface area contributed by atoms with E-state index in [-0.39, 0.29) is 18.3 Å². The van der Waals surface area contributed by atoms with Crippen LogP contribution in [-0.2, 0) is 4.79 Å². The summed E-state index contributed by atoms with van der Waals surface area (Å²) in [5, 5.41) is 8.80. The number of likely N-dealkylation sites (N-methyl/N-ethyl adjacent to an activating group) is 1. The van der Waals surface area contributed by atoms with Crippen molar-refractivity contribution in [2.75, 3.05) is 11.9 Å². The fraction of sp³-hybridized carbons (Fsp3) is 0.417. The van der Waals surface area contributed by atoms with Gasteiger partial charge < -0.3 is 14.7 Å². The second-order valence-electron chi connectivity index (χ2n) is 4.22. The summed E-state index contributed by atoms with van der Waals surface area (Å²) in [4.78, 5) is 12.6. The molecule has 2 atom stereocenters. The van der Waals surface area contributed by atoms with E-state index < -0.39 is 12.1 Å². The second kappa shape index (κ2) is 4.24. The van der Waals surface area contributed by atoms with Crippen LogP contribution in [0.15, 0.2) is 18.2 Å². The first-order valence-corrected chi connectivity index (χ1v) is 5.40. The number of aliphatic carboxylic acids is 1. The highest BCUT2D eigenvalue weighted by Gasteiger charge is 2.32. The number of carboxylic acid groups (broad SMARTS) is 1. The standard InChI is InChI=1S/C12H14FNO3/c1-7-10(6-12(15)16)17-11-5-8(13)3-4-9(11)14(7)2/h3-5,7,10H,6H2,1-2H3,(H,15,16). The molecule has 0 fully saturated rings. The minimum Gasteiger partial charge on any atom is -0.485 e. The van der Waals surface area contributed by atoms with E-state index in [4.69, 9.17) is 9.84 Å². The van der Waals surface area contributed by atoms with Gasteiger partial charge in [0.15, 0.2) is 0 Å². The Morgan fingerprint density at radius 1 is 1.59 bits per heavy atom. The highest BCUT2D eigenvalue weighted by molar-refractivity contribution is 5.69. The van der Waals surface area contributed by atoms with Gasteiger partial charge >= 0.3 is 5.97 Å². The molecule has 0 saturated carbocycles. The van der Waals surface area contributed by atoms with Gasteiger partial charge in [0.2, 0.25) is 0 Å². The average molecular weight is 239 g/mol. The Morgan fingerprint density at radius 3 is 2.94 bits per heavy atom. The lowest BCUT2D eigenvalue weighted by atomic mass is 10.0. The highest BCUT2D eigenvalue weighted by atomic mass is 19.1. The highest BCUT2D eigenvalue weighted by Crippen LogP contribution is 2.36. The molecule has 0 aliphatic carbocycles. The number of anilines is 1. The monoisotopic (exact) mass is 239 g/mol. The molecular formula is C12H14FNO3. The number of rotatable bonds is 2. The molecule has 1 aliphatic rings. The van der Waals surface area contributed by atoms with Gasteiger partial charge in [0.1, 0.15) is 17.7 Å². The molecule has 5 heteroatoms. The van der Waals surface area contributed by atoms with Crippen molar-refractivity contribution in [3.8, 4) is 5.75 Å². The largest absolute Gasteiger partial charge is 0.485 e. The van der Waals surface area contributed by atoms with Gasteiger partial charge in [-0.3, -0.25) is 4.79 Å². The summed E-state index contributed by atoms with van der Waals surface area (Å²) in [6, 6.07) is 4.22. The van der Waals surface area contributed by atoms with Crippen LogP contribution < -0.4 is 9.64 Å². The fourth-order valence-corrected chi connectivity index (χ4v) is 1.99. The number of fused-ring (bicyclic) bond motifs is 1. The maximum atomic E-state index is 13.1. The molecule has 0 bridgehead atoms. The molecule has 1 aliphatic heterocycles. The summed E-state index contributed by atoms with van der Waals surface area (Å²) in [6.07, 6.45) is -0.562. The Morgan fingerprint density at radius 2 is 2.29 bits per heavy atom. The number of ether oxygens (including phenoxy) is 1. The lowest BCUT2D eigenvalue weighted by Crippen LogP contribution is -2.46. The average Bonchev–Trinajstić information content (AvgIpc) is 2.24. The summed E-state index contributed by atoms with van der Waals surface area (Å²) in [5.74, 6) is -0.910. The maximum absolute atomic E-state index is 13.1. The van der Waals surface area contributed by atoms with Crippen LogP contribution in [0.2, 0.25) is 0 Å². The van der Waals surface area contributed by atoms with Gasteiger partial charge in [0, 0.05) is 13.1 Å². The van der Waals surface area contributed by atoms with Gasteiger partial charge in [-0.2, -0.15) is 0 Å². The van der Waals surface area contributed by atoms with E-state index in [0.29, 0.717) is 5.75 Å². The second-order valence-corrected chi connectivity index (χ2v) is 4.22. The van der Waals surface area contributed by atoms with Crippen LogP contribution in [0.25, 0.3) is 0 Å². The van der Waals surface area contributed by atoms with Gasteiger partial charge in [-0.05, 0) is 19.1 Å². The van der Waals surface area contributed by atoms with E-state index in [9.17, 15) is 9.18 Å². The third kappa shape index (κ3) is 2.18. The van der Waals surface area contributed by atoms with Crippen molar-refractivity contribution >= 4 is 11.7 Å². The molecule has 0 amide bonds. The Hall–Kier alpha value is -1.78. The lowest BCUT2D eigenvalue weighted by Gasteiger charge is -2.39. The molecule has 92 valence electrons. The maximum Gasteiger partial charge on any atom is 0.307 e. The number of hydrogen-bond donors (Lipinski definition) is 1. The molecule has 1 aromatic carbocycles. The van der Waals surface area contributed by atoms with Crippen LogP contribution in [0.5, 0.6) is 5.75 Å². The van der Waals surface area contributed by atoms with Gasteiger partial charge in [0.05, 0.1) is 18.2 Å². The van der Waals surface area contributed by atoms with E-state index in [0.717, 1.165) is 5.69 Å². The van der Waals surface area contributed by atoms with E-state index in [1.165, 1.54) is 12.1 Å². The number of hydrogen-bond acceptors (Lipinski definition) is 3. The SMILES string of the molecule is CC1C(CC(=O)O)Oc2cc(F)ccc2N1C. The topological polar surface area (TPSA) is 49.8 Å². The van der Waals surface area contributed by atoms with Crippen LogP contribution in [0.3, 0.4) is 0 Å². The quantitative estimate of drug-likeness (QED) is 0.856. The number of halogens is 1. The van der Waals surface area contributed by atoms with Crippen molar-refractivity contribution in [3.05, 3.63) is 24.0 Å². The van der Waals surface area contributed by atoms with Crippen molar-refractivity contribution in [1.29, 1.82) is 0 Å². The van der Waals surface area contributed by atoms with Gasteiger partial charge in [-0.25, -0.2) is 4.39 Å². The van der Waals surface area contributed by atoms with Crippen molar-refractivity contribution in [2.24, 2.45) is 0 Å². The summed E-state index contributed by atoms with van der Waals surface area (Å²) in [5.41, 5.74) is 0.778. The van der Waals surface area contributed by atoms with Gasteiger partial charge in [0.25, 0.3) is 0 Å². The molecule has 4 nitrogen and oxygen atoms in total. The first-order valence-electron chi connectivity index (χ1n) is 5.40. The molecule has 17 heavy (non-hydrogen) atoms. The predicted molar refractivity (Wildman–Crippen MR) is 60.9 cm³/mol. The van der Waals surface area contributed by atoms with Crippen LogP contribution in [0.4, 0.5) is 10.1 Å². The summed E-state index contributed by atoms with van der Waals surface area (Å²) < 4.78 is 18.6. The third-order valence-corrected chi connectivity index (χ3v) is 3.10. The smallest absolute Gasteiger partial charge is 0.307 e. The van der Waals surface area contributed by atoms with E-state index in [1.54, 1.807) is 6.07 Å². The number of carboxylic acids is 1. The van der Waals surface area contributed by atoms with E-state index >= 15 is 0 Å². The van der Waals surface area contributed by atoms with Crippen LogP contribution >= 0.6 is 0 Å². The summed E-state index contributed by atoms with van der Waals surface area (Å²) in [7, 11) is 1.85. The predicted octanol–water partition coefficient (Wildman–Crippen LogP) is 1.89. The first kappa shape index (κ1) is 11.7. The minimum atomic E-state index is -0.921. The van der Waals surface area contributed by atoms with Gasteiger partial charge in [-0.1, -0.05) is 0 Å². The Kier molecular flexibility index (Phi) is 2.92. The number of carbonyl (C=O) groups is 1.